The van der Waals surface area contributed by atoms with Crippen LogP contribution in [0.25, 0.3) is 11.4 Å². The molecule has 1 amide bonds. The van der Waals surface area contributed by atoms with Crippen LogP contribution in [-0.4, -0.2) is 26.7 Å². The molecule has 2 heterocycles. The van der Waals surface area contributed by atoms with Crippen molar-refractivity contribution in [2.45, 2.75) is 51.1 Å². The molecule has 5 nitrogen and oxygen atoms in total. The minimum Gasteiger partial charge on any atom is -0.351 e. The van der Waals surface area contributed by atoms with Gasteiger partial charge in [0.25, 0.3) is 0 Å². The summed E-state index contributed by atoms with van der Waals surface area (Å²) in [6.45, 7) is 0.674. The third kappa shape index (κ3) is 2.92. The fourth-order valence-corrected chi connectivity index (χ4v) is 3.76. The summed E-state index contributed by atoms with van der Waals surface area (Å²) in [6.07, 6.45) is 6.03. The molecule has 4 rings (SSSR count). The van der Waals surface area contributed by atoms with Gasteiger partial charge >= 0.3 is 0 Å². The molecule has 126 valence electrons. The van der Waals surface area contributed by atoms with Gasteiger partial charge in [0.2, 0.25) is 5.91 Å². The van der Waals surface area contributed by atoms with Crippen molar-refractivity contribution < 1.29 is 9.18 Å². The Morgan fingerprint density at radius 2 is 1.88 bits per heavy atom. The number of halogens is 1. The Balaban J connectivity index is 1.50. The number of nitrogens with zero attached hydrogens (tertiary/aromatic N) is 3. The number of fused-ring (bicyclic) bond motifs is 1. The maximum atomic E-state index is 13.1. The monoisotopic (exact) mass is 328 g/mol. The minimum atomic E-state index is -0.265. The van der Waals surface area contributed by atoms with Crippen molar-refractivity contribution in [3.63, 3.8) is 0 Å². The lowest BCUT2D eigenvalue weighted by atomic mass is 10.0. The van der Waals surface area contributed by atoms with E-state index in [9.17, 15) is 9.18 Å². The molecule has 1 fully saturated rings. The summed E-state index contributed by atoms with van der Waals surface area (Å²) in [5, 5.41) is 11.7. The highest BCUT2D eigenvalue weighted by Crippen LogP contribution is 2.26. The lowest BCUT2D eigenvalue weighted by molar-refractivity contribution is -0.125. The van der Waals surface area contributed by atoms with Crippen LogP contribution in [0.3, 0.4) is 0 Å². The van der Waals surface area contributed by atoms with E-state index < -0.39 is 0 Å². The first kappa shape index (κ1) is 15.3. The van der Waals surface area contributed by atoms with Crippen molar-refractivity contribution >= 4 is 5.91 Å². The van der Waals surface area contributed by atoms with Gasteiger partial charge in [-0.3, -0.25) is 4.79 Å². The predicted molar refractivity (Wildman–Crippen MR) is 87.6 cm³/mol. The van der Waals surface area contributed by atoms with E-state index >= 15 is 0 Å². The third-order valence-electron chi connectivity index (χ3n) is 5.12. The number of hydrogen-bond donors (Lipinski definition) is 1. The zero-order valence-electron chi connectivity index (χ0n) is 13.5. The number of amides is 1. The van der Waals surface area contributed by atoms with Gasteiger partial charge in [0, 0.05) is 30.5 Å². The van der Waals surface area contributed by atoms with E-state index in [-0.39, 0.29) is 23.7 Å². The second-order valence-electron chi connectivity index (χ2n) is 6.78. The molecule has 6 heteroatoms. The first-order chi connectivity index (χ1) is 11.7. The van der Waals surface area contributed by atoms with Crippen molar-refractivity contribution in [1.82, 2.24) is 20.1 Å². The summed E-state index contributed by atoms with van der Waals surface area (Å²) in [5.74, 6) is 1.78. The van der Waals surface area contributed by atoms with Gasteiger partial charge in [-0.15, -0.1) is 10.2 Å². The molecule has 24 heavy (non-hydrogen) atoms. The van der Waals surface area contributed by atoms with Crippen LogP contribution in [0.5, 0.6) is 0 Å². The molecule has 2 aliphatic rings. The van der Waals surface area contributed by atoms with Crippen molar-refractivity contribution in [2.75, 3.05) is 0 Å². The Morgan fingerprint density at radius 3 is 2.62 bits per heavy atom. The largest absolute Gasteiger partial charge is 0.351 e. The van der Waals surface area contributed by atoms with Gasteiger partial charge in [0.1, 0.15) is 11.6 Å². The van der Waals surface area contributed by atoms with Gasteiger partial charge in [-0.05, 0) is 43.5 Å². The smallest absolute Gasteiger partial charge is 0.223 e. The third-order valence-corrected chi connectivity index (χ3v) is 5.12. The molecule has 0 radical (unpaired) electrons. The molecule has 1 saturated carbocycles. The average molecular weight is 328 g/mol. The van der Waals surface area contributed by atoms with Gasteiger partial charge in [-0.1, -0.05) is 12.8 Å². The van der Waals surface area contributed by atoms with Crippen LogP contribution in [0.2, 0.25) is 0 Å². The number of aryl methyl sites for hydroxylation is 1. The topological polar surface area (TPSA) is 59.8 Å². The number of aromatic nitrogens is 3. The van der Waals surface area contributed by atoms with Crippen molar-refractivity contribution in [2.24, 2.45) is 5.92 Å². The van der Waals surface area contributed by atoms with E-state index in [1.54, 1.807) is 12.1 Å². The first-order valence-corrected chi connectivity index (χ1v) is 8.69. The Bertz CT molecular complexity index is 734. The van der Waals surface area contributed by atoms with Crippen LogP contribution in [0.4, 0.5) is 4.39 Å². The van der Waals surface area contributed by atoms with Crippen molar-refractivity contribution in [3.8, 4) is 11.4 Å². The molecule has 1 aliphatic carbocycles. The summed E-state index contributed by atoms with van der Waals surface area (Å²) in [6, 6.07) is 6.40. The lowest BCUT2D eigenvalue weighted by Gasteiger charge is -2.26. The zero-order valence-corrected chi connectivity index (χ0v) is 13.5. The van der Waals surface area contributed by atoms with Gasteiger partial charge in [0.05, 0.1) is 0 Å². The predicted octanol–water partition coefficient (Wildman–Crippen LogP) is 2.71. The average Bonchev–Trinajstić information content (AvgIpc) is 3.25. The number of rotatable bonds is 3. The number of carbonyl (C=O) groups excluding carboxylic acids is 1. The number of hydrogen-bond acceptors (Lipinski definition) is 3. The van der Waals surface area contributed by atoms with E-state index in [0.717, 1.165) is 55.7 Å². The van der Waals surface area contributed by atoms with Crippen LogP contribution in [0.1, 0.15) is 37.9 Å². The van der Waals surface area contributed by atoms with Gasteiger partial charge in [-0.25, -0.2) is 4.39 Å². The maximum absolute atomic E-state index is 13.1. The SMILES string of the molecule is O=C(N[C@@H]1CCc2nnc(-c3ccc(F)cc3)n2C1)C1CCCC1. The van der Waals surface area contributed by atoms with Crippen LogP contribution in [0.15, 0.2) is 24.3 Å². The van der Waals surface area contributed by atoms with Crippen LogP contribution >= 0.6 is 0 Å². The standard InChI is InChI=1S/C18H21FN4O/c19-14-7-5-12(6-8-14)17-22-21-16-10-9-15(11-23(16)17)20-18(24)13-3-1-2-4-13/h5-8,13,15H,1-4,9-11H2,(H,20,24)/t15-/m1/s1. The Morgan fingerprint density at radius 1 is 1.12 bits per heavy atom. The Labute approximate surface area is 140 Å². The fourth-order valence-electron chi connectivity index (χ4n) is 3.76. The molecule has 0 unspecified atom stereocenters. The second kappa shape index (κ2) is 6.34. The lowest BCUT2D eigenvalue weighted by Crippen LogP contribution is -2.43. The second-order valence-corrected chi connectivity index (χ2v) is 6.78. The van der Waals surface area contributed by atoms with Gasteiger partial charge < -0.3 is 9.88 Å². The highest BCUT2D eigenvalue weighted by molar-refractivity contribution is 5.79. The quantitative estimate of drug-likeness (QED) is 0.942. The molecule has 2 aromatic rings. The zero-order chi connectivity index (χ0) is 16.5. The number of nitrogens with one attached hydrogen (secondary N) is 1. The molecule has 1 atom stereocenters. The molecule has 1 N–H and O–H groups in total. The van der Waals surface area contributed by atoms with Crippen LogP contribution in [0, 0.1) is 11.7 Å². The molecule has 0 saturated heterocycles. The molecule has 0 bridgehead atoms. The van der Waals surface area contributed by atoms with E-state index in [4.69, 9.17) is 0 Å². The highest BCUT2D eigenvalue weighted by atomic mass is 19.1. The van der Waals surface area contributed by atoms with Gasteiger partial charge in [0.15, 0.2) is 5.82 Å². The summed E-state index contributed by atoms with van der Waals surface area (Å²) < 4.78 is 15.2. The number of carbonyl (C=O) groups is 1. The minimum absolute atomic E-state index is 0.112. The molecule has 1 aliphatic heterocycles. The van der Waals surface area contributed by atoms with E-state index in [1.807, 2.05) is 0 Å². The van der Waals surface area contributed by atoms with Crippen LogP contribution < -0.4 is 5.32 Å². The van der Waals surface area contributed by atoms with Crippen molar-refractivity contribution in [1.29, 1.82) is 0 Å². The molecular weight excluding hydrogens is 307 g/mol. The molecule has 1 aromatic carbocycles. The van der Waals surface area contributed by atoms with E-state index in [1.165, 1.54) is 12.1 Å². The summed E-state index contributed by atoms with van der Waals surface area (Å²) >= 11 is 0. The first-order valence-electron chi connectivity index (χ1n) is 8.69. The molecular formula is C18H21FN4O. The van der Waals surface area contributed by atoms with Crippen molar-refractivity contribution in [3.05, 3.63) is 35.9 Å². The van der Waals surface area contributed by atoms with Gasteiger partial charge in [-0.2, -0.15) is 0 Å². The number of benzene rings is 1. The Hall–Kier alpha value is -2.24. The van der Waals surface area contributed by atoms with E-state index in [2.05, 4.69) is 20.1 Å². The summed E-state index contributed by atoms with van der Waals surface area (Å²) in [5.41, 5.74) is 0.845. The normalized spacial score (nSPS) is 20.8. The Kier molecular flexibility index (Phi) is 4.04. The highest BCUT2D eigenvalue weighted by Gasteiger charge is 2.28. The maximum Gasteiger partial charge on any atom is 0.223 e. The molecule has 1 aromatic heterocycles. The fraction of sp³-hybridized carbons (Fsp3) is 0.500. The summed E-state index contributed by atoms with van der Waals surface area (Å²) in [4.78, 5) is 12.4. The molecule has 0 spiro atoms. The van der Waals surface area contributed by atoms with E-state index in [0.29, 0.717) is 6.54 Å². The van der Waals surface area contributed by atoms with Crippen LogP contribution in [-0.2, 0) is 17.8 Å². The summed E-state index contributed by atoms with van der Waals surface area (Å²) in [7, 11) is 0.